The maximum atomic E-state index is 14.0. The molecule has 0 aliphatic carbocycles. The lowest BCUT2D eigenvalue weighted by molar-refractivity contribution is -0.137. The quantitative estimate of drug-likeness (QED) is 0.131. The van der Waals surface area contributed by atoms with Crippen molar-refractivity contribution in [1.29, 1.82) is 0 Å². The highest BCUT2D eigenvalue weighted by Crippen LogP contribution is 2.41. The Hall–Kier alpha value is -4.68. The molecule has 3 heterocycles. The van der Waals surface area contributed by atoms with Crippen LogP contribution >= 0.6 is 0 Å². The first kappa shape index (κ1) is 30.3. The number of aromatic nitrogens is 1. The number of likely N-dealkylation sites (tertiary alicyclic amines) is 1. The smallest absolute Gasteiger partial charge is 0.417 e. The van der Waals surface area contributed by atoms with E-state index in [0.29, 0.717) is 5.57 Å². The van der Waals surface area contributed by atoms with E-state index in [4.69, 9.17) is 10.2 Å². The molecule has 0 saturated carbocycles. The number of aromatic amines is 1. The highest BCUT2D eigenvalue weighted by Gasteiger charge is 2.38. The molecule has 4 rings (SSSR count). The Kier molecular flexibility index (Phi) is 8.69. The summed E-state index contributed by atoms with van der Waals surface area (Å²) in [7, 11) is 0. The third kappa shape index (κ3) is 7.14. The molecule has 2 aromatic heterocycles. The Morgan fingerprint density at radius 1 is 1.19 bits per heavy atom. The predicted molar refractivity (Wildman–Crippen MR) is 148 cm³/mol. The first-order chi connectivity index (χ1) is 19.8. The van der Waals surface area contributed by atoms with Crippen LogP contribution in [0.15, 0.2) is 75.6 Å². The molecule has 0 bridgehead atoms. The Bertz CT molecular complexity index is 1590. The summed E-state index contributed by atoms with van der Waals surface area (Å²) >= 11 is 0. The van der Waals surface area contributed by atoms with Crippen LogP contribution in [0, 0.1) is 0 Å². The van der Waals surface area contributed by atoms with Crippen molar-refractivity contribution < 1.29 is 36.0 Å². The normalized spacial score (nSPS) is 16.3. The van der Waals surface area contributed by atoms with Gasteiger partial charge in [-0.15, -0.1) is 0 Å². The molecule has 0 atom stereocenters. The number of rotatable bonds is 8. The van der Waals surface area contributed by atoms with Crippen LogP contribution in [0.25, 0.3) is 22.2 Å². The lowest BCUT2D eigenvalue weighted by Crippen LogP contribution is -2.42. The van der Waals surface area contributed by atoms with Gasteiger partial charge in [-0.1, -0.05) is 17.7 Å². The van der Waals surface area contributed by atoms with Gasteiger partial charge in [0.25, 0.3) is 11.8 Å². The second kappa shape index (κ2) is 12.0. The first-order valence-electron chi connectivity index (χ1n) is 12.8. The number of nitrogens with zero attached hydrogens (tertiary/aromatic N) is 2. The molecule has 1 saturated heterocycles. The molecule has 0 unspecified atom stereocenters. The van der Waals surface area contributed by atoms with E-state index >= 15 is 0 Å². The van der Waals surface area contributed by atoms with Crippen molar-refractivity contribution in [2.24, 2.45) is 10.7 Å². The van der Waals surface area contributed by atoms with Crippen LogP contribution in [0.3, 0.4) is 0 Å². The molecule has 13 heteroatoms. The fraction of sp³-hybridized carbons (Fsp3) is 0.276. The summed E-state index contributed by atoms with van der Waals surface area (Å²) in [6.45, 7) is 4.60. The van der Waals surface area contributed by atoms with Gasteiger partial charge in [0.15, 0.2) is 0 Å². The number of carbonyl (C=O) groups excluding carboxylic acids is 2. The second-order valence-electron chi connectivity index (χ2n) is 9.77. The van der Waals surface area contributed by atoms with Crippen molar-refractivity contribution in [3.8, 4) is 11.3 Å². The second-order valence-corrected chi connectivity index (χ2v) is 9.77. The average Bonchev–Trinajstić information content (AvgIpc) is 3.59. The predicted octanol–water partition coefficient (Wildman–Crippen LogP) is 5.94. The maximum absolute atomic E-state index is 14.0. The van der Waals surface area contributed by atoms with E-state index in [0.717, 1.165) is 6.07 Å². The van der Waals surface area contributed by atoms with Crippen LogP contribution in [-0.2, 0) is 17.5 Å². The third-order valence-corrected chi connectivity index (χ3v) is 6.70. The Morgan fingerprint density at radius 3 is 2.57 bits per heavy atom. The fourth-order valence-corrected chi connectivity index (χ4v) is 4.38. The van der Waals surface area contributed by atoms with Crippen molar-refractivity contribution in [2.75, 3.05) is 13.1 Å². The van der Waals surface area contributed by atoms with Gasteiger partial charge in [-0.05, 0) is 44.0 Å². The number of allylic oxidation sites excluding steroid dienone is 4. The van der Waals surface area contributed by atoms with Crippen molar-refractivity contribution in [3.63, 3.8) is 0 Å². The van der Waals surface area contributed by atoms with Crippen LogP contribution in [-0.4, -0.2) is 47.4 Å². The lowest BCUT2D eigenvalue weighted by Gasteiger charge is -2.31. The number of fused-ring (bicyclic) bond motifs is 1. The number of hydrogen-bond donors (Lipinski definition) is 3. The van der Waals surface area contributed by atoms with Crippen LogP contribution in [0.5, 0.6) is 0 Å². The molecule has 2 amide bonds. The van der Waals surface area contributed by atoms with Crippen LogP contribution in [0.4, 0.5) is 22.0 Å². The fourth-order valence-electron chi connectivity index (χ4n) is 4.38. The number of furan rings is 1. The number of H-pyrrole nitrogens is 1. The topological polar surface area (TPSA) is 117 Å². The van der Waals surface area contributed by atoms with E-state index in [-0.39, 0.29) is 59.0 Å². The number of alkyl halides is 5. The minimum Gasteiger partial charge on any atom is -0.459 e. The van der Waals surface area contributed by atoms with Gasteiger partial charge in [0.2, 0.25) is 5.91 Å². The maximum Gasteiger partial charge on any atom is 0.417 e. The Morgan fingerprint density at radius 2 is 1.90 bits per heavy atom. The largest absolute Gasteiger partial charge is 0.459 e. The summed E-state index contributed by atoms with van der Waals surface area (Å²) < 4.78 is 74.9. The molecule has 1 aliphatic rings. The molecule has 8 nitrogen and oxygen atoms in total. The SMILES string of the molecule is C=N\C(N)=C/C=C(C)/C=C/C(=O)NCc1ccc(-c2cc3c(C(=O)N4CCC(F)(F)CC4)c[nH]c3cc2C(F)(F)F)o1. The molecular weight excluding hydrogens is 561 g/mol. The van der Waals surface area contributed by atoms with E-state index in [1.165, 1.54) is 47.5 Å². The number of halogens is 5. The number of carbonyl (C=O) groups is 2. The van der Waals surface area contributed by atoms with Gasteiger partial charge >= 0.3 is 6.18 Å². The summed E-state index contributed by atoms with van der Waals surface area (Å²) in [6.07, 6.45) is 1.51. The van der Waals surface area contributed by atoms with Gasteiger partial charge < -0.3 is 25.4 Å². The van der Waals surface area contributed by atoms with Gasteiger partial charge in [0.1, 0.15) is 17.3 Å². The van der Waals surface area contributed by atoms with Crippen molar-refractivity contribution in [2.45, 2.75) is 38.4 Å². The third-order valence-electron chi connectivity index (χ3n) is 6.70. The molecule has 1 fully saturated rings. The number of piperidine rings is 1. The zero-order chi connectivity index (χ0) is 30.7. The molecule has 4 N–H and O–H groups in total. The summed E-state index contributed by atoms with van der Waals surface area (Å²) in [5.41, 5.74) is 5.04. The van der Waals surface area contributed by atoms with E-state index in [2.05, 4.69) is 22.0 Å². The zero-order valence-electron chi connectivity index (χ0n) is 22.5. The summed E-state index contributed by atoms with van der Waals surface area (Å²) in [6, 6.07) is 4.85. The van der Waals surface area contributed by atoms with Gasteiger partial charge in [-0.3, -0.25) is 9.59 Å². The number of nitrogens with two attached hydrogens (primary N) is 1. The summed E-state index contributed by atoms with van der Waals surface area (Å²) in [5.74, 6) is -3.60. The molecular formula is C29H28F5N5O3. The number of aliphatic imine (C=N–C) groups is 1. The monoisotopic (exact) mass is 589 g/mol. The van der Waals surface area contributed by atoms with Crippen LogP contribution in [0.1, 0.15) is 41.4 Å². The first-order valence-corrected chi connectivity index (χ1v) is 12.8. The Labute approximate surface area is 237 Å². The Balaban J connectivity index is 1.55. The van der Waals surface area contributed by atoms with Gasteiger partial charge in [0.05, 0.1) is 17.7 Å². The van der Waals surface area contributed by atoms with Crippen molar-refractivity contribution >= 4 is 29.4 Å². The molecule has 1 aliphatic heterocycles. The number of benzene rings is 1. The van der Waals surface area contributed by atoms with Crippen molar-refractivity contribution in [1.82, 2.24) is 15.2 Å². The molecule has 222 valence electrons. The standard InChI is InChI=1S/C29H28F5N5O3/c1-17(3-7-25(35)36-2)4-8-26(40)38-15-18-5-6-24(42-18)20-13-19-21(16-37-23(19)14-22(20)29(32,33)34)27(41)39-11-9-28(30,31)10-12-39/h3-8,13-14,16,37H,2,9-12,15,35H2,1H3,(H,38,40)/b8-4+,17-3+,25-7-. The molecule has 0 radical (unpaired) electrons. The van der Waals surface area contributed by atoms with E-state index in [1.807, 2.05) is 0 Å². The number of hydrogen-bond acceptors (Lipinski definition) is 5. The number of amides is 2. The van der Waals surface area contributed by atoms with Gasteiger partial charge in [-0.25, -0.2) is 13.8 Å². The van der Waals surface area contributed by atoms with E-state index in [1.54, 1.807) is 13.0 Å². The van der Waals surface area contributed by atoms with Gasteiger partial charge in [0, 0.05) is 54.7 Å². The van der Waals surface area contributed by atoms with E-state index < -0.39 is 42.3 Å². The van der Waals surface area contributed by atoms with E-state index in [9.17, 15) is 31.5 Å². The molecule has 0 spiro atoms. The van der Waals surface area contributed by atoms with Crippen LogP contribution < -0.4 is 11.1 Å². The minimum atomic E-state index is -4.75. The lowest BCUT2D eigenvalue weighted by atomic mass is 9.99. The number of nitrogens with one attached hydrogen (secondary N) is 2. The summed E-state index contributed by atoms with van der Waals surface area (Å²) in [5, 5.41) is 2.78. The summed E-state index contributed by atoms with van der Waals surface area (Å²) in [4.78, 5) is 32.8. The van der Waals surface area contributed by atoms with Crippen molar-refractivity contribution in [3.05, 3.63) is 83.0 Å². The van der Waals surface area contributed by atoms with Crippen LogP contribution in [0.2, 0.25) is 0 Å². The molecule has 42 heavy (non-hydrogen) atoms. The highest BCUT2D eigenvalue weighted by atomic mass is 19.4. The molecule has 1 aromatic carbocycles. The zero-order valence-corrected chi connectivity index (χ0v) is 22.5. The highest BCUT2D eigenvalue weighted by molar-refractivity contribution is 6.08. The average molecular weight is 590 g/mol. The minimum absolute atomic E-state index is 0.0610. The molecule has 3 aromatic rings. The van der Waals surface area contributed by atoms with Gasteiger partial charge in [-0.2, -0.15) is 13.2 Å².